The quantitative estimate of drug-likeness (QED) is 0.681. The topological polar surface area (TPSA) is 30.7 Å². The lowest BCUT2D eigenvalue weighted by molar-refractivity contribution is 0.678. The maximum atomic E-state index is 5.99. The van der Waals surface area contributed by atoms with E-state index < -0.39 is 0 Å². The molecule has 1 aromatic carbocycles. The number of aryl methyl sites for hydroxylation is 2. The van der Waals surface area contributed by atoms with E-state index >= 15 is 0 Å². The molecule has 3 aromatic rings. The summed E-state index contributed by atoms with van der Waals surface area (Å²) in [4.78, 5) is 8.90. The fourth-order valence-corrected chi connectivity index (χ4v) is 2.45. The van der Waals surface area contributed by atoms with Gasteiger partial charge in [-0.15, -0.1) is 11.6 Å². The Kier molecular flexibility index (Phi) is 3.47. The van der Waals surface area contributed by atoms with Gasteiger partial charge >= 0.3 is 0 Å². The molecule has 0 fully saturated rings. The first-order valence-corrected chi connectivity index (χ1v) is 6.82. The maximum Gasteiger partial charge on any atom is 0.124 e. The molecule has 96 valence electrons. The molecule has 0 radical (unpaired) electrons. The second kappa shape index (κ2) is 5.41. The number of fused-ring (bicyclic) bond motifs is 1. The van der Waals surface area contributed by atoms with Gasteiger partial charge in [0.2, 0.25) is 0 Å². The molecule has 0 aliphatic rings. The molecule has 0 aliphatic heterocycles. The van der Waals surface area contributed by atoms with Gasteiger partial charge in [-0.25, -0.2) is 4.98 Å². The fraction of sp³-hybridized carbons (Fsp3) is 0.200. The highest BCUT2D eigenvalue weighted by molar-refractivity contribution is 6.16. The van der Waals surface area contributed by atoms with Gasteiger partial charge in [-0.1, -0.05) is 18.2 Å². The van der Waals surface area contributed by atoms with Gasteiger partial charge in [0.25, 0.3) is 0 Å². The van der Waals surface area contributed by atoms with Crippen molar-refractivity contribution in [3.05, 3.63) is 60.2 Å². The smallest absolute Gasteiger partial charge is 0.124 e. The van der Waals surface area contributed by atoms with Crippen molar-refractivity contribution in [3.63, 3.8) is 0 Å². The highest BCUT2D eigenvalue weighted by atomic mass is 35.5. The zero-order valence-corrected chi connectivity index (χ0v) is 11.2. The fourth-order valence-electron chi connectivity index (χ4n) is 2.25. The average Bonchev–Trinajstić information content (AvgIpc) is 2.84. The molecule has 0 aliphatic carbocycles. The van der Waals surface area contributed by atoms with Crippen LogP contribution in [0.15, 0.2) is 48.7 Å². The zero-order valence-electron chi connectivity index (χ0n) is 10.5. The summed E-state index contributed by atoms with van der Waals surface area (Å²) >= 11 is 5.99. The summed E-state index contributed by atoms with van der Waals surface area (Å²) in [5.41, 5.74) is 3.22. The Morgan fingerprint density at radius 1 is 1.05 bits per heavy atom. The van der Waals surface area contributed by atoms with Gasteiger partial charge in [-0.3, -0.25) is 4.98 Å². The Morgan fingerprint density at radius 2 is 1.89 bits per heavy atom. The van der Waals surface area contributed by atoms with Gasteiger partial charge in [0.1, 0.15) is 5.82 Å². The molecular weight excluding hydrogens is 258 g/mol. The predicted octanol–water partition coefficient (Wildman–Crippen LogP) is 3.41. The summed E-state index contributed by atoms with van der Waals surface area (Å²) in [6, 6.07) is 14.1. The number of halogens is 1. The van der Waals surface area contributed by atoms with Gasteiger partial charge in [-0.2, -0.15) is 0 Å². The van der Waals surface area contributed by atoms with E-state index in [-0.39, 0.29) is 0 Å². The summed E-state index contributed by atoms with van der Waals surface area (Å²) in [6.45, 7) is 0.847. The van der Waals surface area contributed by atoms with Gasteiger partial charge in [0, 0.05) is 24.9 Å². The van der Waals surface area contributed by atoms with Crippen LogP contribution in [0, 0.1) is 0 Å². The van der Waals surface area contributed by atoms with Gasteiger partial charge in [-0.05, 0) is 24.3 Å². The van der Waals surface area contributed by atoms with E-state index in [0.717, 1.165) is 35.5 Å². The van der Waals surface area contributed by atoms with E-state index in [1.165, 1.54) is 0 Å². The number of benzene rings is 1. The minimum absolute atomic E-state index is 0.427. The van der Waals surface area contributed by atoms with Crippen molar-refractivity contribution in [1.82, 2.24) is 14.5 Å². The normalized spacial score (nSPS) is 11.0. The Morgan fingerprint density at radius 3 is 2.68 bits per heavy atom. The van der Waals surface area contributed by atoms with Crippen molar-refractivity contribution >= 4 is 22.6 Å². The van der Waals surface area contributed by atoms with Crippen LogP contribution in [0.1, 0.15) is 11.5 Å². The van der Waals surface area contributed by atoms with Crippen molar-refractivity contribution in [2.45, 2.75) is 18.8 Å². The minimum atomic E-state index is 0.427. The highest BCUT2D eigenvalue weighted by Crippen LogP contribution is 2.17. The largest absolute Gasteiger partial charge is 0.327 e. The third-order valence-electron chi connectivity index (χ3n) is 3.17. The molecule has 0 N–H and O–H groups in total. The summed E-state index contributed by atoms with van der Waals surface area (Å²) in [7, 11) is 0. The van der Waals surface area contributed by atoms with Crippen molar-refractivity contribution < 1.29 is 0 Å². The van der Waals surface area contributed by atoms with Crippen LogP contribution in [0.25, 0.3) is 11.0 Å². The van der Waals surface area contributed by atoms with E-state index in [1.54, 1.807) is 0 Å². The van der Waals surface area contributed by atoms with E-state index in [9.17, 15) is 0 Å². The number of hydrogen-bond acceptors (Lipinski definition) is 2. The highest BCUT2D eigenvalue weighted by Gasteiger charge is 2.09. The van der Waals surface area contributed by atoms with Crippen molar-refractivity contribution in [2.75, 3.05) is 0 Å². The average molecular weight is 272 g/mol. The maximum absolute atomic E-state index is 5.99. The number of rotatable bonds is 4. The van der Waals surface area contributed by atoms with Crippen molar-refractivity contribution in [1.29, 1.82) is 0 Å². The lowest BCUT2D eigenvalue weighted by Crippen LogP contribution is -2.05. The molecule has 0 atom stereocenters. The molecule has 0 bridgehead atoms. The Balaban J connectivity index is 1.91. The Hall–Kier alpha value is -1.87. The molecule has 0 spiro atoms. The summed E-state index contributed by atoms with van der Waals surface area (Å²) in [5.74, 6) is 1.34. The van der Waals surface area contributed by atoms with Gasteiger partial charge < -0.3 is 4.57 Å². The van der Waals surface area contributed by atoms with Crippen molar-refractivity contribution in [3.8, 4) is 0 Å². The first kappa shape index (κ1) is 12.2. The van der Waals surface area contributed by atoms with Crippen molar-refractivity contribution in [2.24, 2.45) is 0 Å². The number of para-hydroxylation sites is 2. The molecule has 2 heterocycles. The molecular formula is C15H14ClN3. The first-order valence-electron chi connectivity index (χ1n) is 6.28. The third-order valence-corrected chi connectivity index (χ3v) is 3.41. The molecule has 0 saturated carbocycles. The molecule has 3 nitrogen and oxygen atoms in total. The van der Waals surface area contributed by atoms with E-state index in [2.05, 4.69) is 20.6 Å². The lowest BCUT2D eigenvalue weighted by Gasteiger charge is -2.07. The molecule has 19 heavy (non-hydrogen) atoms. The van der Waals surface area contributed by atoms with E-state index in [1.807, 2.05) is 42.6 Å². The lowest BCUT2D eigenvalue weighted by atomic mass is 10.2. The number of pyridine rings is 1. The van der Waals surface area contributed by atoms with Gasteiger partial charge in [0.15, 0.2) is 0 Å². The predicted molar refractivity (Wildman–Crippen MR) is 77.2 cm³/mol. The Labute approximate surface area is 116 Å². The van der Waals surface area contributed by atoms with Crippen LogP contribution in [-0.2, 0) is 18.8 Å². The SMILES string of the molecule is ClCc1nc2ccccc2n1CCc1ccccn1. The van der Waals surface area contributed by atoms with Crippen LogP contribution in [0.2, 0.25) is 0 Å². The monoisotopic (exact) mass is 271 g/mol. The Bertz CT molecular complexity index is 676. The number of alkyl halides is 1. The number of imidazole rings is 1. The molecule has 0 saturated heterocycles. The van der Waals surface area contributed by atoms with Crippen LogP contribution >= 0.6 is 11.6 Å². The van der Waals surface area contributed by atoms with E-state index in [0.29, 0.717) is 5.88 Å². The van der Waals surface area contributed by atoms with Crippen LogP contribution < -0.4 is 0 Å². The van der Waals surface area contributed by atoms with Gasteiger partial charge in [0.05, 0.1) is 16.9 Å². The number of hydrogen-bond donors (Lipinski definition) is 0. The summed E-state index contributed by atoms with van der Waals surface area (Å²) in [6.07, 6.45) is 2.70. The molecule has 0 amide bonds. The van der Waals surface area contributed by atoms with Crippen LogP contribution in [0.3, 0.4) is 0 Å². The molecule has 4 heteroatoms. The van der Waals surface area contributed by atoms with E-state index in [4.69, 9.17) is 11.6 Å². The molecule has 3 rings (SSSR count). The number of aromatic nitrogens is 3. The van der Waals surface area contributed by atoms with Crippen LogP contribution in [-0.4, -0.2) is 14.5 Å². The third kappa shape index (κ3) is 2.47. The second-order valence-electron chi connectivity index (χ2n) is 4.37. The summed E-state index contributed by atoms with van der Waals surface area (Å²) in [5, 5.41) is 0. The second-order valence-corrected chi connectivity index (χ2v) is 4.64. The number of nitrogens with zero attached hydrogens (tertiary/aromatic N) is 3. The zero-order chi connectivity index (χ0) is 13.1. The summed E-state index contributed by atoms with van der Waals surface area (Å²) < 4.78 is 2.18. The molecule has 0 unspecified atom stereocenters. The first-order chi connectivity index (χ1) is 9.38. The van der Waals surface area contributed by atoms with Crippen LogP contribution in [0.4, 0.5) is 0 Å². The standard InChI is InChI=1S/C15H14ClN3/c16-11-15-18-13-6-1-2-7-14(13)19(15)10-8-12-5-3-4-9-17-12/h1-7,9H,8,10-11H2. The minimum Gasteiger partial charge on any atom is -0.327 e. The van der Waals surface area contributed by atoms with Crippen LogP contribution in [0.5, 0.6) is 0 Å². The molecule has 2 aromatic heterocycles.